The second kappa shape index (κ2) is 6.86. The molecule has 2 rings (SSSR count). The smallest absolute Gasteiger partial charge is 0.187 e. The Kier molecular flexibility index (Phi) is 5.15. The Balaban J connectivity index is 1.96. The molecule has 2 N–H and O–H groups in total. The van der Waals surface area contributed by atoms with Gasteiger partial charge in [-0.2, -0.15) is 0 Å². The number of hydrogen-bond donors (Lipinski definition) is 1. The summed E-state index contributed by atoms with van der Waals surface area (Å²) in [5.74, 6) is 0.898. The van der Waals surface area contributed by atoms with Gasteiger partial charge >= 0.3 is 0 Å². The first kappa shape index (κ1) is 15.0. The van der Waals surface area contributed by atoms with Gasteiger partial charge in [0, 0.05) is 24.2 Å². The SMILES string of the molecule is Cc1cc(C)cc(CSc2ncc(CC(C)N)cn2)c1. The van der Waals surface area contributed by atoms with Crippen LogP contribution in [0.1, 0.15) is 29.2 Å². The van der Waals surface area contributed by atoms with Gasteiger partial charge < -0.3 is 5.73 Å². The summed E-state index contributed by atoms with van der Waals surface area (Å²) in [6, 6.07) is 6.76. The number of benzene rings is 1. The topological polar surface area (TPSA) is 51.8 Å². The predicted molar refractivity (Wildman–Crippen MR) is 84.9 cm³/mol. The van der Waals surface area contributed by atoms with Crippen molar-refractivity contribution in [1.82, 2.24) is 9.97 Å². The van der Waals surface area contributed by atoms with Gasteiger partial charge in [-0.05, 0) is 38.3 Å². The van der Waals surface area contributed by atoms with Crippen LogP contribution in [0.4, 0.5) is 0 Å². The van der Waals surface area contributed by atoms with Crippen LogP contribution in [-0.2, 0) is 12.2 Å². The molecular formula is C16H21N3S. The van der Waals surface area contributed by atoms with Crippen molar-refractivity contribution in [2.75, 3.05) is 0 Å². The molecule has 106 valence electrons. The zero-order valence-corrected chi connectivity index (χ0v) is 13.1. The maximum absolute atomic E-state index is 5.76. The molecule has 0 saturated carbocycles. The molecule has 0 aliphatic rings. The minimum absolute atomic E-state index is 0.146. The van der Waals surface area contributed by atoms with Crippen molar-refractivity contribution in [3.05, 3.63) is 52.8 Å². The van der Waals surface area contributed by atoms with Crippen LogP contribution in [0.25, 0.3) is 0 Å². The Hall–Kier alpha value is -1.39. The molecule has 1 atom stereocenters. The van der Waals surface area contributed by atoms with Crippen molar-refractivity contribution in [3.8, 4) is 0 Å². The van der Waals surface area contributed by atoms with E-state index in [2.05, 4.69) is 42.0 Å². The molecule has 0 aliphatic carbocycles. The molecule has 1 aromatic heterocycles. The van der Waals surface area contributed by atoms with Crippen LogP contribution in [0.2, 0.25) is 0 Å². The number of rotatable bonds is 5. The fraction of sp³-hybridized carbons (Fsp3) is 0.375. The first-order valence-corrected chi connectivity index (χ1v) is 7.78. The van der Waals surface area contributed by atoms with Crippen LogP contribution in [0.15, 0.2) is 35.7 Å². The number of nitrogens with two attached hydrogens (primary N) is 1. The molecule has 0 amide bonds. The quantitative estimate of drug-likeness (QED) is 0.677. The minimum atomic E-state index is 0.146. The Bertz CT molecular complexity index is 544. The lowest BCUT2D eigenvalue weighted by Gasteiger charge is -2.06. The van der Waals surface area contributed by atoms with Gasteiger partial charge in [-0.15, -0.1) is 0 Å². The lowest BCUT2D eigenvalue weighted by molar-refractivity contribution is 0.727. The average molecular weight is 287 g/mol. The lowest BCUT2D eigenvalue weighted by Crippen LogP contribution is -2.17. The summed E-state index contributed by atoms with van der Waals surface area (Å²) in [5.41, 5.74) is 10.8. The highest BCUT2D eigenvalue weighted by molar-refractivity contribution is 7.98. The molecule has 1 heterocycles. The van der Waals surface area contributed by atoms with Gasteiger partial charge in [0.1, 0.15) is 0 Å². The summed E-state index contributed by atoms with van der Waals surface area (Å²) < 4.78 is 0. The zero-order valence-electron chi connectivity index (χ0n) is 12.3. The average Bonchev–Trinajstić information content (AvgIpc) is 2.36. The molecule has 3 nitrogen and oxygen atoms in total. The van der Waals surface area contributed by atoms with Crippen molar-refractivity contribution in [1.29, 1.82) is 0 Å². The van der Waals surface area contributed by atoms with Crippen molar-refractivity contribution in [2.24, 2.45) is 5.73 Å². The molecule has 0 fully saturated rings. The maximum atomic E-state index is 5.76. The molecule has 0 bridgehead atoms. The predicted octanol–water partition coefficient (Wildman–Crippen LogP) is 3.28. The summed E-state index contributed by atoms with van der Waals surface area (Å²) in [6.45, 7) is 6.24. The number of aryl methyl sites for hydroxylation is 2. The molecule has 0 spiro atoms. The van der Waals surface area contributed by atoms with Crippen LogP contribution in [-0.4, -0.2) is 16.0 Å². The van der Waals surface area contributed by atoms with E-state index in [1.807, 2.05) is 19.3 Å². The van der Waals surface area contributed by atoms with Crippen LogP contribution in [0.3, 0.4) is 0 Å². The largest absolute Gasteiger partial charge is 0.328 e. The van der Waals surface area contributed by atoms with Gasteiger partial charge in [-0.1, -0.05) is 41.1 Å². The fourth-order valence-corrected chi connectivity index (χ4v) is 2.91. The number of aromatic nitrogens is 2. The maximum Gasteiger partial charge on any atom is 0.187 e. The van der Waals surface area contributed by atoms with Gasteiger partial charge in [0.25, 0.3) is 0 Å². The third-order valence-corrected chi connectivity index (χ3v) is 3.84. The normalized spacial score (nSPS) is 12.4. The first-order valence-electron chi connectivity index (χ1n) is 6.79. The summed E-state index contributed by atoms with van der Waals surface area (Å²) in [5, 5.41) is 0.817. The number of thioether (sulfide) groups is 1. The van der Waals surface area contributed by atoms with Gasteiger partial charge in [-0.3, -0.25) is 0 Å². The van der Waals surface area contributed by atoms with Crippen LogP contribution in [0.5, 0.6) is 0 Å². The van der Waals surface area contributed by atoms with E-state index in [0.29, 0.717) is 0 Å². The molecule has 1 aromatic carbocycles. The zero-order chi connectivity index (χ0) is 14.5. The molecule has 20 heavy (non-hydrogen) atoms. The third kappa shape index (κ3) is 4.62. The molecule has 0 radical (unpaired) electrons. The van der Waals surface area contributed by atoms with E-state index < -0.39 is 0 Å². The standard InChI is InChI=1S/C16H21N3S/c1-11-4-12(2)6-14(5-11)10-20-16-18-8-15(9-19-16)7-13(3)17/h4-6,8-9,13H,7,10,17H2,1-3H3. The van der Waals surface area contributed by atoms with E-state index in [1.54, 1.807) is 11.8 Å². The monoisotopic (exact) mass is 287 g/mol. The highest BCUT2D eigenvalue weighted by Gasteiger charge is 2.03. The van der Waals surface area contributed by atoms with Crippen LogP contribution in [0, 0.1) is 13.8 Å². The number of hydrogen-bond acceptors (Lipinski definition) is 4. The fourth-order valence-electron chi connectivity index (χ4n) is 2.19. The summed E-state index contributed by atoms with van der Waals surface area (Å²) in [6.07, 6.45) is 4.57. The number of nitrogens with zero attached hydrogens (tertiary/aromatic N) is 2. The lowest BCUT2D eigenvalue weighted by atomic mass is 10.1. The molecule has 2 aromatic rings. The summed E-state index contributed by atoms with van der Waals surface area (Å²) in [7, 11) is 0. The van der Waals surface area contributed by atoms with E-state index in [9.17, 15) is 0 Å². The van der Waals surface area contributed by atoms with E-state index in [4.69, 9.17) is 5.73 Å². The van der Waals surface area contributed by atoms with E-state index in [1.165, 1.54) is 16.7 Å². The second-order valence-corrected chi connectivity index (χ2v) is 6.28. The Morgan fingerprint density at radius 3 is 2.20 bits per heavy atom. The molecular weight excluding hydrogens is 266 g/mol. The van der Waals surface area contributed by atoms with Gasteiger partial charge in [0.15, 0.2) is 5.16 Å². The Labute approximate surface area is 125 Å². The molecule has 1 unspecified atom stereocenters. The Morgan fingerprint density at radius 2 is 1.65 bits per heavy atom. The van der Waals surface area contributed by atoms with E-state index in [0.717, 1.165) is 22.9 Å². The first-order chi connectivity index (χ1) is 9.52. The van der Waals surface area contributed by atoms with Crippen LogP contribution >= 0.6 is 11.8 Å². The van der Waals surface area contributed by atoms with Crippen molar-refractivity contribution in [3.63, 3.8) is 0 Å². The van der Waals surface area contributed by atoms with Crippen molar-refractivity contribution < 1.29 is 0 Å². The second-order valence-electron chi connectivity index (χ2n) is 5.34. The highest BCUT2D eigenvalue weighted by Crippen LogP contribution is 2.20. The van der Waals surface area contributed by atoms with Crippen molar-refractivity contribution >= 4 is 11.8 Å². The highest BCUT2D eigenvalue weighted by atomic mass is 32.2. The minimum Gasteiger partial charge on any atom is -0.328 e. The molecule has 0 aliphatic heterocycles. The summed E-state index contributed by atoms with van der Waals surface area (Å²) >= 11 is 1.67. The van der Waals surface area contributed by atoms with Gasteiger partial charge in [0.2, 0.25) is 0 Å². The van der Waals surface area contributed by atoms with Crippen LogP contribution < -0.4 is 5.73 Å². The van der Waals surface area contributed by atoms with E-state index >= 15 is 0 Å². The third-order valence-electron chi connectivity index (χ3n) is 2.89. The van der Waals surface area contributed by atoms with Gasteiger partial charge in [-0.25, -0.2) is 9.97 Å². The molecule has 0 saturated heterocycles. The van der Waals surface area contributed by atoms with Crippen molar-refractivity contribution in [2.45, 2.75) is 44.1 Å². The van der Waals surface area contributed by atoms with E-state index in [-0.39, 0.29) is 6.04 Å². The van der Waals surface area contributed by atoms with Gasteiger partial charge in [0.05, 0.1) is 0 Å². The molecule has 4 heteroatoms. The summed E-state index contributed by atoms with van der Waals surface area (Å²) in [4.78, 5) is 8.78. The Morgan fingerprint density at radius 1 is 1.05 bits per heavy atom.